The van der Waals surface area contributed by atoms with Crippen molar-refractivity contribution in [2.75, 3.05) is 6.61 Å². The molecule has 1 N–H and O–H groups in total. The third-order valence-corrected chi connectivity index (χ3v) is 5.41. The standard InChI is InChI=1S/C20H25N3O2/c1-14-6-2-5-9-16(14)20(24)21-12-18-17-13-25-11-10-19(17)23(22-18)15-7-3-4-8-15/h2,5-6,9,15H,3-4,7-8,10-13H2,1H3,(H,21,24). The number of amides is 1. The van der Waals surface area contributed by atoms with Gasteiger partial charge in [0.2, 0.25) is 0 Å². The lowest BCUT2D eigenvalue weighted by Gasteiger charge is -2.18. The molecule has 1 aliphatic heterocycles. The summed E-state index contributed by atoms with van der Waals surface area (Å²) in [4.78, 5) is 12.5. The number of nitrogens with zero attached hydrogens (tertiary/aromatic N) is 2. The van der Waals surface area contributed by atoms with Crippen LogP contribution in [0.25, 0.3) is 0 Å². The van der Waals surface area contributed by atoms with Gasteiger partial charge in [-0.15, -0.1) is 0 Å². The first-order valence-electron chi connectivity index (χ1n) is 9.24. The highest BCUT2D eigenvalue weighted by Crippen LogP contribution is 2.33. The van der Waals surface area contributed by atoms with Gasteiger partial charge >= 0.3 is 0 Å². The smallest absolute Gasteiger partial charge is 0.251 e. The topological polar surface area (TPSA) is 56.2 Å². The molecule has 25 heavy (non-hydrogen) atoms. The summed E-state index contributed by atoms with van der Waals surface area (Å²) < 4.78 is 7.89. The van der Waals surface area contributed by atoms with Crippen molar-refractivity contribution in [1.82, 2.24) is 15.1 Å². The molecule has 2 heterocycles. The number of hydrogen-bond donors (Lipinski definition) is 1. The molecule has 2 aromatic rings. The average Bonchev–Trinajstić information content (AvgIpc) is 3.28. The lowest BCUT2D eigenvalue weighted by atomic mass is 10.1. The maximum Gasteiger partial charge on any atom is 0.251 e. The highest BCUT2D eigenvalue weighted by Gasteiger charge is 2.27. The molecule has 1 saturated carbocycles. The number of hydrogen-bond acceptors (Lipinski definition) is 3. The Hall–Kier alpha value is -2.14. The summed E-state index contributed by atoms with van der Waals surface area (Å²) >= 11 is 0. The normalized spacial score (nSPS) is 17.5. The van der Waals surface area contributed by atoms with Crippen LogP contribution in [0.15, 0.2) is 24.3 Å². The Morgan fingerprint density at radius 3 is 2.92 bits per heavy atom. The minimum atomic E-state index is -0.0426. The summed E-state index contributed by atoms with van der Waals surface area (Å²) in [6, 6.07) is 8.18. The molecule has 0 saturated heterocycles. The molecule has 5 heteroatoms. The molecule has 0 atom stereocenters. The van der Waals surface area contributed by atoms with Crippen molar-refractivity contribution in [3.05, 3.63) is 52.3 Å². The van der Waals surface area contributed by atoms with Crippen molar-refractivity contribution >= 4 is 5.91 Å². The van der Waals surface area contributed by atoms with Crippen LogP contribution in [0.5, 0.6) is 0 Å². The average molecular weight is 339 g/mol. The molecular formula is C20H25N3O2. The lowest BCUT2D eigenvalue weighted by Crippen LogP contribution is -2.24. The van der Waals surface area contributed by atoms with E-state index in [1.807, 2.05) is 31.2 Å². The molecule has 1 aromatic carbocycles. The second-order valence-corrected chi connectivity index (χ2v) is 7.05. The predicted octanol–water partition coefficient (Wildman–Crippen LogP) is 3.31. The second kappa shape index (κ2) is 7.00. The number of nitrogens with one attached hydrogen (secondary N) is 1. The van der Waals surface area contributed by atoms with Gasteiger partial charge in [-0.2, -0.15) is 5.10 Å². The van der Waals surface area contributed by atoms with E-state index >= 15 is 0 Å². The molecule has 132 valence electrons. The molecule has 5 nitrogen and oxygen atoms in total. The van der Waals surface area contributed by atoms with Crippen LogP contribution in [0, 0.1) is 6.92 Å². The molecule has 1 aromatic heterocycles. The zero-order valence-electron chi connectivity index (χ0n) is 14.8. The number of benzene rings is 1. The number of fused-ring (bicyclic) bond motifs is 1. The predicted molar refractivity (Wildman–Crippen MR) is 95.4 cm³/mol. The fourth-order valence-corrected chi connectivity index (χ4v) is 4.01. The summed E-state index contributed by atoms with van der Waals surface area (Å²) in [5, 5.41) is 7.92. The molecule has 4 rings (SSSR count). The van der Waals surface area contributed by atoms with Gasteiger partial charge in [0.25, 0.3) is 5.91 Å². The van der Waals surface area contributed by atoms with Crippen molar-refractivity contribution in [1.29, 1.82) is 0 Å². The van der Waals surface area contributed by atoms with E-state index in [-0.39, 0.29) is 5.91 Å². The van der Waals surface area contributed by atoms with E-state index in [0.717, 1.165) is 29.8 Å². The van der Waals surface area contributed by atoms with E-state index in [0.29, 0.717) is 19.2 Å². The summed E-state index contributed by atoms with van der Waals surface area (Å²) in [5.74, 6) is -0.0426. The van der Waals surface area contributed by atoms with Gasteiger partial charge in [-0.05, 0) is 31.4 Å². The fraction of sp³-hybridized carbons (Fsp3) is 0.500. The van der Waals surface area contributed by atoms with Gasteiger partial charge in [0, 0.05) is 23.2 Å². The van der Waals surface area contributed by atoms with E-state index in [2.05, 4.69) is 10.00 Å². The molecule has 0 spiro atoms. The number of aryl methyl sites for hydroxylation is 1. The molecule has 1 amide bonds. The minimum Gasteiger partial charge on any atom is -0.376 e. The van der Waals surface area contributed by atoms with Gasteiger partial charge in [-0.1, -0.05) is 31.0 Å². The Morgan fingerprint density at radius 2 is 2.12 bits per heavy atom. The van der Waals surface area contributed by atoms with Gasteiger partial charge < -0.3 is 10.1 Å². The molecule has 0 bridgehead atoms. The summed E-state index contributed by atoms with van der Waals surface area (Å²) in [6.07, 6.45) is 5.92. The fourth-order valence-electron chi connectivity index (χ4n) is 4.01. The van der Waals surface area contributed by atoms with Gasteiger partial charge in [-0.25, -0.2) is 0 Å². The zero-order valence-corrected chi connectivity index (χ0v) is 14.8. The largest absolute Gasteiger partial charge is 0.376 e. The van der Waals surface area contributed by atoms with Gasteiger partial charge in [0.1, 0.15) is 0 Å². The number of aromatic nitrogens is 2. The van der Waals surface area contributed by atoms with Crippen LogP contribution >= 0.6 is 0 Å². The van der Waals surface area contributed by atoms with Crippen LogP contribution in [-0.2, 0) is 24.3 Å². The Bertz CT molecular complexity index is 775. The van der Waals surface area contributed by atoms with Crippen molar-refractivity contribution in [3.8, 4) is 0 Å². The molecule has 0 unspecified atom stereocenters. The zero-order chi connectivity index (χ0) is 17.2. The molecule has 2 aliphatic rings. The number of carbonyl (C=O) groups excluding carboxylic acids is 1. The third-order valence-electron chi connectivity index (χ3n) is 5.41. The Balaban J connectivity index is 1.54. The number of ether oxygens (including phenoxy) is 1. The van der Waals surface area contributed by atoms with Crippen LogP contribution in [0.4, 0.5) is 0 Å². The first-order valence-corrected chi connectivity index (χ1v) is 9.24. The third kappa shape index (κ3) is 3.21. The number of carbonyl (C=O) groups is 1. The van der Waals surface area contributed by atoms with Crippen molar-refractivity contribution < 1.29 is 9.53 Å². The van der Waals surface area contributed by atoms with Crippen molar-refractivity contribution in [2.24, 2.45) is 0 Å². The molecular weight excluding hydrogens is 314 g/mol. The van der Waals surface area contributed by atoms with Crippen LogP contribution in [0.1, 0.15) is 64.6 Å². The molecule has 1 fully saturated rings. The van der Waals surface area contributed by atoms with Crippen molar-refractivity contribution in [3.63, 3.8) is 0 Å². The summed E-state index contributed by atoms with van der Waals surface area (Å²) in [5.41, 5.74) is 5.18. The summed E-state index contributed by atoms with van der Waals surface area (Å²) in [6.45, 7) is 3.79. The first kappa shape index (κ1) is 16.3. The minimum absolute atomic E-state index is 0.0426. The first-order chi connectivity index (χ1) is 12.2. The summed E-state index contributed by atoms with van der Waals surface area (Å²) in [7, 11) is 0. The highest BCUT2D eigenvalue weighted by atomic mass is 16.5. The Kier molecular flexibility index (Phi) is 4.57. The maximum atomic E-state index is 12.5. The highest BCUT2D eigenvalue weighted by molar-refractivity contribution is 5.95. The maximum absolute atomic E-state index is 12.5. The van der Waals surface area contributed by atoms with E-state index in [9.17, 15) is 4.79 Å². The van der Waals surface area contributed by atoms with E-state index < -0.39 is 0 Å². The van der Waals surface area contributed by atoms with Crippen LogP contribution in [0.3, 0.4) is 0 Å². The molecule has 0 radical (unpaired) electrons. The van der Waals surface area contributed by atoms with Gasteiger partial charge in [0.05, 0.1) is 31.5 Å². The second-order valence-electron chi connectivity index (χ2n) is 7.05. The molecule has 1 aliphatic carbocycles. The van der Waals surface area contributed by atoms with E-state index in [1.165, 1.54) is 36.9 Å². The van der Waals surface area contributed by atoms with E-state index in [1.54, 1.807) is 0 Å². The lowest BCUT2D eigenvalue weighted by molar-refractivity contribution is 0.0946. The van der Waals surface area contributed by atoms with Crippen molar-refractivity contribution in [2.45, 2.75) is 58.2 Å². The Labute approximate surface area is 148 Å². The van der Waals surface area contributed by atoms with Crippen LogP contribution < -0.4 is 5.32 Å². The van der Waals surface area contributed by atoms with Crippen LogP contribution in [0.2, 0.25) is 0 Å². The monoisotopic (exact) mass is 339 g/mol. The van der Waals surface area contributed by atoms with Gasteiger partial charge in [-0.3, -0.25) is 9.48 Å². The van der Waals surface area contributed by atoms with E-state index in [4.69, 9.17) is 9.84 Å². The van der Waals surface area contributed by atoms with Gasteiger partial charge in [0.15, 0.2) is 0 Å². The number of rotatable bonds is 4. The Morgan fingerprint density at radius 1 is 1.32 bits per heavy atom. The SMILES string of the molecule is Cc1ccccc1C(=O)NCc1nn(C2CCCC2)c2c1COCC2. The quantitative estimate of drug-likeness (QED) is 0.930. The van der Waals surface area contributed by atoms with Crippen LogP contribution in [-0.4, -0.2) is 22.3 Å².